The van der Waals surface area contributed by atoms with E-state index in [2.05, 4.69) is 28.9 Å². The minimum absolute atomic E-state index is 0.0586. The molecule has 6 nitrogen and oxygen atoms in total. The molecule has 152 valence electrons. The van der Waals surface area contributed by atoms with Crippen molar-refractivity contribution in [3.63, 3.8) is 0 Å². The molecule has 2 aromatic carbocycles. The number of benzene rings is 2. The molecular weight excluding hydrogens is 388 g/mol. The number of para-hydroxylation sites is 1. The fourth-order valence-corrected chi connectivity index (χ4v) is 3.11. The van der Waals surface area contributed by atoms with Crippen LogP contribution >= 0.6 is 11.6 Å². The molecule has 0 atom stereocenters. The first-order valence-electron chi connectivity index (χ1n) is 9.76. The highest BCUT2D eigenvalue weighted by Crippen LogP contribution is 2.24. The van der Waals surface area contributed by atoms with Gasteiger partial charge in [0, 0.05) is 17.1 Å². The van der Waals surface area contributed by atoms with E-state index in [1.165, 1.54) is 0 Å². The van der Waals surface area contributed by atoms with Crippen molar-refractivity contribution in [1.29, 1.82) is 0 Å². The Morgan fingerprint density at radius 2 is 1.72 bits per heavy atom. The first-order chi connectivity index (χ1) is 14.1. The van der Waals surface area contributed by atoms with Crippen LogP contribution in [0.2, 0.25) is 5.02 Å². The Balaban J connectivity index is 1.79. The van der Waals surface area contributed by atoms with Crippen LogP contribution in [0.4, 0.5) is 0 Å². The van der Waals surface area contributed by atoms with Gasteiger partial charge in [0.05, 0.1) is 12.1 Å². The molecular formula is C22H25ClN4O2. The summed E-state index contributed by atoms with van der Waals surface area (Å²) in [6, 6.07) is 16.9. The fourth-order valence-electron chi connectivity index (χ4n) is 2.98. The summed E-state index contributed by atoms with van der Waals surface area (Å²) < 4.78 is 5.43. The molecule has 29 heavy (non-hydrogen) atoms. The average molecular weight is 413 g/mol. The molecule has 1 aromatic heterocycles. The van der Waals surface area contributed by atoms with Crippen LogP contribution in [-0.4, -0.2) is 52.1 Å². The standard InChI is InChI=1S/C22H25ClN4O2/c1-3-26(4-2)14-15-29-21(28)16-20-22(17-10-12-18(23)13-11-17)25-27(24-20)19-8-6-5-7-9-19/h5-13H,3-4,14-16H2,1-2H3. The highest BCUT2D eigenvalue weighted by molar-refractivity contribution is 6.30. The van der Waals surface area contributed by atoms with Gasteiger partial charge in [0.25, 0.3) is 0 Å². The molecule has 0 amide bonds. The molecule has 0 fully saturated rings. The van der Waals surface area contributed by atoms with E-state index in [1.54, 1.807) is 16.9 Å². The quantitative estimate of drug-likeness (QED) is 0.497. The summed E-state index contributed by atoms with van der Waals surface area (Å²) in [5.74, 6) is -0.313. The first-order valence-corrected chi connectivity index (χ1v) is 10.1. The number of ether oxygens (including phenoxy) is 1. The molecule has 0 unspecified atom stereocenters. The van der Waals surface area contributed by atoms with Crippen LogP contribution in [0.3, 0.4) is 0 Å². The highest BCUT2D eigenvalue weighted by Gasteiger charge is 2.18. The SMILES string of the molecule is CCN(CC)CCOC(=O)Cc1nn(-c2ccccc2)nc1-c1ccc(Cl)cc1. The maximum Gasteiger partial charge on any atom is 0.312 e. The summed E-state index contributed by atoms with van der Waals surface area (Å²) in [5, 5.41) is 9.81. The summed E-state index contributed by atoms with van der Waals surface area (Å²) in [5.41, 5.74) is 2.89. The van der Waals surface area contributed by atoms with Gasteiger partial charge < -0.3 is 9.64 Å². The van der Waals surface area contributed by atoms with Crippen molar-refractivity contribution in [2.75, 3.05) is 26.2 Å². The van der Waals surface area contributed by atoms with Gasteiger partial charge in [-0.2, -0.15) is 9.90 Å². The van der Waals surface area contributed by atoms with Gasteiger partial charge in [0.2, 0.25) is 0 Å². The maximum atomic E-state index is 12.4. The van der Waals surface area contributed by atoms with Crippen molar-refractivity contribution in [1.82, 2.24) is 19.9 Å². The average Bonchev–Trinajstić information content (AvgIpc) is 3.16. The van der Waals surface area contributed by atoms with E-state index in [4.69, 9.17) is 16.3 Å². The Morgan fingerprint density at radius 1 is 1.03 bits per heavy atom. The maximum absolute atomic E-state index is 12.4. The second-order valence-corrected chi connectivity index (χ2v) is 6.99. The van der Waals surface area contributed by atoms with Crippen LogP contribution in [0.25, 0.3) is 16.9 Å². The lowest BCUT2D eigenvalue weighted by Crippen LogP contribution is -2.28. The zero-order valence-corrected chi connectivity index (χ0v) is 17.5. The Hall–Kier alpha value is -2.70. The van der Waals surface area contributed by atoms with E-state index in [9.17, 15) is 4.79 Å². The third-order valence-electron chi connectivity index (χ3n) is 4.67. The van der Waals surface area contributed by atoms with E-state index in [0.717, 1.165) is 30.9 Å². The molecule has 3 rings (SSSR count). The Labute approximate surface area is 176 Å². The molecule has 0 bridgehead atoms. The van der Waals surface area contributed by atoms with E-state index < -0.39 is 0 Å². The monoisotopic (exact) mass is 412 g/mol. The lowest BCUT2D eigenvalue weighted by molar-refractivity contribution is -0.143. The van der Waals surface area contributed by atoms with Crippen LogP contribution in [-0.2, 0) is 16.0 Å². The van der Waals surface area contributed by atoms with Crippen LogP contribution in [0.1, 0.15) is 19.5 Å². The largest absolute Gasteiger partial charge is 0.464 e. The number of rotatable bonds is 9. The Morgan fingerprint density at radius 3 is 2.38 bits per heavy atom. The Bertz CT molecular complexity index is 922. The number of likely N-dealkylation sites (N-methyl/N-ethyl adjacent to an activating group) is 1. The van der Waals surface area contributed by atoms with Crippen LogP contribution < -0.4 is 0 Å². The number of hydrogen-bond donors (Lipinski definition) is 0. The lowest BCUT2D eigenvalue weighted by Gasteiger charge is -2.17. The van der Waals surface area contributed by atoms with Crippen molar-refractivity contribution >= 4 is 17.6 Å². The molecule has 0 spiro atoms. The molecule has 7 heteroatoms. The van der Waals surface area contributed by atoms with Gasteiger partial charge in [0.15, 0.2) is 0 Å². The first kappa shape index (κ1) is 21.0. The van der Waals surface area contributed by atoms with E-state index >= 15 is 0 Å². The van der Waals surface area contributed by atoms with Crippen LogP contribution in [0.15, 0.2) is 54.6 Å². The molecule has 0 N–H and O–H groups in total. The molecule has 0 saturated heterocycles. The normalized spacial score (nSPS) is 11.0. The molecule has 0 aliphatic heterocycles. The molecule has 1 heterocycles. The number of nitrogens with zero attached hydrogens (tertiary/aromatic N) is 4. The van der Waals surface area contributed by atoms with Crippen molar-refractivity contribution in [3.05, 3.63) is 65.3 Å². The van der Waals surface area contributed by atoms with Gasteiger partial charge in [-0.25, -0.2) is 0 Å². The zero-order valence-electron chi connectivity index (χ0n) is 16.7. The van der Waals surface area contributed by atoms with E-state index in [-0.39, 0.29) is 12.4 Å². The minimum atomic E-state index is -0.313. The van der Waals surface area contributed by atoms with Crippen molar-refractivity contribution < 1.29 is 9.53 Å². The predicted octanol–water partition coefficient (Wildman–Crippen LogP) is 4.02. The van der Waals surface area contributed by atoms with Gasteiger partial charge in [-0.3, -0.25) is 4.79 Å². The highest BCUT2D eigenvalue weighted by atomic mass is 35.5. The lowest BCUT2D eigenvalue weighted by atomic mass is 10.1. The third-order valence-corrected chi connectivity index (χ3v) is 4.92. The molecule has 0 aliphatic carbocycles. The van der Waals surface area contributed by atoms with Gasteiger partial charge in [-0.1, -0.05) is 55.8 Å². The number of halogens is 1. The molecule has 0 radical (unpaired) electrons. The van der Waals surface area contributed by atoms with Crippen molar-refractivity contribution in [2.45, 2.75) is 20.3 Å². The van der Waals surface area contributed by atoms with Gasteiger partial charge >= 0.3 is 5.97 Å². The number of hydrogen-bond acceptors (Lipinski definition) is 5. The summed E-state index contributed by atoms with van der Waals surface area (Å²) in [4.78, 5) is 16.2. The predicted molar refractivity (Wildman–Crippen MR) is 114 cm³/mol. The third kappa shape index (κ3) is 5.65. The number of carbonyl (C=O) groups is 1. The molecule has 3 aromatic rings. The summed E-state index contributed by atoms with van der Waals surface area (Å²) in [6.07, 6.45) is 0.0586. The van der Waals surface area contributed by atoms with Gasteiger partial charge in [-0.05, 0) is 37.4 Å². The summed E-state index contributed by atoms with van der Waals surface area (Å²) in [7, 11) is 0. The van der Waals surface area contributed by atoms with Gasteiger partial charge in [0.1, 0.15) is 18.0 Å². The van der Waals surface area contributed by atoms with E-state index in [1.807, 2.05) is 42.5 Å². The second kappa shape index (κ2) is 10.2. The zero-order chi connectivity index (χ0) is 20.6. The number of carbonyl (C=O) groups excluding carboxylic acids is 1. The fraction of sp³-hybridized carbons (Fsp3) is 0.318. The number of aromatic nitrogens is 3. The molecule has 0 saturated carbocycles. The number of esters is 1. The van der Waals surface area contributed by atoms with E-state index in [0.29, 0.717) is 23.0 Å². The molecule has 0 aliphatic rings. The van der Waals surface area contributed by atoms with Crippen LogP contribution in [0.5, 0.6) is 0 Å². The second-order valence-electron chi connectivity index (χ2n) is 6.55. The summed E-state index contributed by atoms with van der Waals surface area (Å²) >= 11 is 6.01. The smallest absolute Gasteiger partial charge is 0.312 e. The van der Waals surface area contributed by atoms with Crippen molar-refractivity contribution in [3.8, 4) is 16.9 Å². The topological polar surface area (TPSA) is 60.2 Å². The van der Waals surface area contributed by atoms with Crippen molar-refractivity contribution in [2.24, 2.45) is 0 Å². The Kier molecular flexibility index (Phi) is 7.38. The summed E-state index contributed by atoms with van der Waals surface area (Å²) in [6.45, 7) is 7.13. The van der Waals surface area contributed by atoms with Crippen LogP contribution in [0, 0.1) is 0 Å². The van der Waals surface area contributed by atoms with Gasteiger partial charge in [-0.15, -0.1) is 5.10 Å². The minimum Gasteiger partial charge on any atom is -0.464 e.